The summed E-state index contributed by atoms with van der Waals surface area (Å²) in [6.45, 7) is 3.32. The molecule has 2 N–H and O–H groups in total. The van der Waals surface area contributed by atoms with Crippen LogP contribution in [0.15, 0.2) is 0 Å². The van der Waals surface area contributed by atoms with Gasteiger partial charge < -0.3 is 15.2 Å². The van der Waals surface area contributed by atoms with Crippen molar-refractivity contribution < 1.29 is 0 Å². The number of nitrogens with two attached hydrogens (primary N) is 1. The van der Waals surface area contributed by atoms with Crippen molar-refractivity contribution in [3.8, 4) is 0 Å². The van der Waals surface area contributed by atoms with Crippen LogP contribution in [0.3, 0.4) is 0 Å². The van der Waals surface area contributed by atoms with E-state index in [0.29, 0.717) is 5.92 Å². The smallest absolute Gasteiger partial charge is 0.149 e. The Kier molecular flexibility index (Phi) is 2.44. The third kappa shape index (κ3) is 1.55. The first-order valence-electron chi connectivity index (χ1n) is 6.13. The van der Waals surface area contributed by atoms with Gasteiger partial charge in [-0.3, -0.25) is 0 Å². The Morgan fingerprint density at radius 3 is 2.75 bits per heavy atom. The Morgan fingerprint density at radius 1 is 1.19 bits per heavy atom. The molecule has 0 spiro atoms. The van der Waals surface area contributed by atoms with E-state index in [-0.39, 0.29) is 6.04 Å². The predicted molar refractivity (Wildman–Crippen MR) is 61.0 cm³/mol. The average molecular weight is 221 g/mol. The molecule has 0 aromatic carbocycles. The molecular formula is C11H19N5. The fraction of sp³-hybridized carbons (Fsp3) is 0.818. The van der Waals surface area contributed by atoms with Crippen LogP contribution in [0.25, 0.3) is 0 Å². The lowest BCUT2D eigenvalue weighted by molar-refractivity contribution is 0.401. The molecule has 0 saturated carbocycles. The highest BCUT2D eigenvalue weighted by molar-refractivity contribution is 5.09. The topological polar surface area (TPSA) is 60.0 Å². The Balaban J connectivity index is 1.91. The molecule has 1 fully saturated rings. The molecule has 1 aromatic rings. The summed E-state index contributed by atoms with van der Waals surface area (Å²) in [6, 6.07) is 0.0918. The molecule has 2 aliphatic heterocycles. The summed E-state index contributed by atoms with van der Waals surface area (Å²) in [4.78, 5) is 2.36. The summed E-state index contributed by atoms with van der Waals surface area (Å²) in [6.07, 6.45) is 3.40. The van der Waals surface area contributed by atoms with Gasteiger partial charge in [-0.2, -0.15) is 0 Å². The van der Waals surface area contributed by atoms with E-state index in [1.54, 1.807) is 0 Å². The minimum Gasteiger partial charge on any atom is -0.321 e. The molecule has 3 rings (SSSR count). The van der Waals surface area contributed by atoms with E-state index in [0.717, 1.165) is 37.6 Å². The zero-order valence-electron chi connectivity index (χ0n) is 9.76. The maximum absolute atomic E-state index is 6.05. The van der Waals surface area contributed by atoms with E-state index in [2.05, 4.69) is 26.7 Å². The lowest BCUT2D eigenvalue weighted by Crippen LogP contribution is -2.24. The van der Waals surface area contributed by atoms with Crippen LogP contribution in [0.4, 0.5) is 0 Å². The summed E-state index contributed by atoms with van der Waals surface area (Å²) >= 11 is 0. The van der Waals surface area contributed by atoms with Crippen LogP contribution in [-0.2, 0) is 6.54 Å². The van der Waals surface area contributed by atoms with Gasteiger partial charge in [0.25, 0.3) is 0 Å². The van der Waals surface area contributed by atoms with E-state index in [4.69, 9.17) is 5.73 Å². The third-order valence-electron chi connectivity index (χ3n) is 3.79. The number of hydrogen-bond acceptors (Lipinski definition) is 4. The summed E-state index contributed by atoms with van der Waals surface area (Å²) in [5.74, 6) is 2.71. The maximum Gasteiger partial charge on any atom is 0.149 e. The zero-order chi connectivity index (χ0) is 11.1. The van der Waals surface area contributed by atoms with Crippen LogP contribution >= 0.6 is 0 Å². The predicted octanol–water partition coefficient (Wildman–Crippen LogP) is 0.491. The first-order valence-corrected chi connectivity index (χ1v) is 6.13. The number of fused-ring (bicyclic) bond motifs is 1. The first-order chi connectivity index (χ1) is 7.75. The Labute approximate surface area is 95.6 Å². The minimum atomic E-state index is 0.0918. The fourth-order valence-electron chi connectivity index (χ4n) is 2.88. The van der Waals surface area contributed by atoms with Gasteiger partial charge in [0.2, 0.25) is 0 Å². The van der Waals surface area contributed by atoms with Crippen LogP contribution in [0.5, 0.6) is 0 Å². The molecular weight excluding hydrogens is 202 g/mol. The molecule has 2 atom stereocenters. The number of nitrogens with zero attached hydrogens (tertiary/aromatic N) is 4. The number of likely N-dealkylation sites (N-methyl/N-ethyl adjacent to an activating group) is 1. The maximum atomic E-state index is 6.05. The molecule has 2 unspecified atom stereocenters. The average Bonchev–Trinajstić information content (AvgIpc) is 2.84. The van der Waals surface area contributed by atoms with E-state index in [9.17, 15) is 0 Å². The van der Waals surface area contributed by atoms with Crippen LogP contribution in [-0.4, -0.2) is 39.8 Å². The van der Waals surface area contributed by atoms with Crippen molar-refractivity contribution >= 4 is 0 Å². The highest BCUT2D eigenvalue weighted by Gasteiger charge is 2.29. The summed E-state index contributed by atoms with van der Waals surface area (Å²) in [5, 5.41) is 8.65. The van der Waals surface area contributed by atoms with Crippen molar-refractivity contribution in [2.24, 2.45) is 5.73 Å². The number of likely N-dealkylation sites (tertiary alicyclic amines) is 1. The summed E-state index contributed by atoms with van der Waals surface area (Å²) in [7, 11) is 2.17. The second kappa shape index (κ2) is 3.82. The number of aromatic nitrogens is 3. The molecule has 1 aromatic heterocycles. The lowest BCUT2D eigenvalue weighted by Gasteiger charge is -2.21. The van der Waals surface area contributed by atoms with E-state index >= 15 is 0 Å². The molecule has 0 radical (unpaired) electrons. The summed E-state index contributed by atoms with van der Waals surface area (Å²) < 4.78 is 2.26. The Bertz CT molecular complexity index is 386. The molecule has 1 saturated heterocycles. The highest BCUT2D eigenvalue weighted by atomic mass is 15.3. The van der Waals surface area contributed by atoms with Gasteiger partial charge in [0.15, 0.2) is 0 Å². The molecule has 88 valence electrons. The van der Waals surface area contributed by atoms with Crippen molar-refractivity contribution in [3.05, 3.63) is 11.6 Å². The summed E-state index contributed by atoms with van der Waals surface area (Å²) in [5.41, 5.74) is 6.05. The standard InChI is InChI=1S/C11H19N5/c1-15-6-4-8(7-15)10-13-14-11-9(12)3-2-5-16(10)11/h8-9H,2-7,12H2,1H3. The number of rotatable bonds is 1. The van der Waals surface area contributed by atoms with E-state index < -0.39 is 0 Å². The van der Waals surface area contributed by atoms with Gasteiger partial charge in [-0.25, -0.2) is 0 Å². The normalized spacial score (nSPS) is 30.6. The second-order valence-corrected chi connectivity index (χ2v) is 5.06. The molecule has 5 nitrogen and oxygen atoms in total. The van der Waals surface area contributed by atoms with Crippen molar-refractivity contribution in [1.29, 1.82) is 0 Å². The van der Waals surface area contributed by atoms with Crippen molar-refractivity contribution in [3.63, 3.8) is 0 Å². The quantitative estimate of drug-likeness (QED) is 0.750. The van der Waals surface area contributed by atoms with Crippen LogP contribution in [0, 0.1) is 0 Å². The monoisotopic (exact) mass is 221 g/mol. The zero-order valence-corrected chi connectivity index (χ0v) is 9.76. The van der Waals surface area contributed by atoms with Crippen molar-refractivity contribution in [2.45, 2.75) is 37.8 Å². The molecule has 5 heteroatoms. The highest BCUT2D eigenvalue weighted by Crippen LogP contribution is 2.29. The van der Waals surface area contributed by atoms with Gasteiger partial charge in [0, 0.05) is 19.0 Å². The van der Waals surface area contributed by atoms with Gasteiger partial charge in [0.05, 0.1) is 6.04 Å². The van der Waals surface area contributed by atoms with Gasteiger partial charge in [-0.1, -0.05) is 0 Å². The van der Waals surface area contributed by atoms with Gasteiger partial charge in [-0.15, -0.1) is 10.2 Å². The minimum absolute atomic E-state index is 0.0918. The first kappa shape index (κ1) is 10.2. The molecule has 0 aliphatic carbocycles. The van der Waals surface area contributed by atoms with E-state index in [1.807, 2.05) is 0 Å². The lowest BCUT2D eigenvalue weighted by atomic mass is 10.1. The molecule has 3 heterocycles. The molecule has 2 aliphatic rings. The Hall–Kier alpha value is -0.940. The van der Waals surface area contributed by atoms with Gasteiger partial charge in [0.1, 0.15) is 11.6 Å². The Morgan fingerprint density at radius 2 is 2.00 bits per heavy atom. The fourth-order valence-corrected chi connectivity index (χ4v) is 2.88. The molecule has 0 amide bonds. The van der Waals surface area contributed by atoms with Crippen molar-refractivity contribution in [1.82, 2.24) is 19.7 Å². The molecule has 0 bridgehead atoms. The van der Waals surface area contributed by atoms with Crippen LogP contribution < -0.4 is 5.73 Å². The van der Waals surface area contributed by atoms with Crippen molar-refractivity contribution in [2.75, 3.05) is 20.1 Å². The third-order valence-corrected chi connectivity index (χ3v) is 3.79. The van der Waals surface area contributed by atoms with Gasteiger partial charge in [-0.05, 0) is 32.9 Å². The number of hydrogen-bond donors (Lipinski definition) is 1. The van der Waals surface area contributed by atoms with E-state index in [1.165, 1.54) is 13.0 Å². The largest absolute Gasteiger partial charge is 0.321 e. The SMILES string of the molecule is CN1CCC(c2nnc3n2CCCC3N)C1. The van der Waals surface area contributed by atoms with Gasteiger partial charge >= 0.3 is 0 Å². The molecule has 16 heavy (non-hydrogen) atoms. The van der Waals surface area contributed by atoms with Crippen LogP contribution in [0.2, 0.25) is 0 Å². The van der Waals surface area contributed by atoms with Crippen LogP contribution in [0.1, 0.15) is 42.9 Å². The second-order valence-electron chi connectivity index (χ2n) is 5.06.